The van der Waals surface area contributed by atoms with Gasteiger partial charge >= 0.3 is 0 Å². The number of aromatic nitrogens is 2. The fraction of sp³-hybridized carbons (Fsp3) is 0.375. The largest absolute Gasteiger partial charge is 0.492 e. The van der Waals surface area contributed by atoms with Crippen molar-refractivity contribution in [1.29, 1.82) is 0 Å². The molecule has 1 unspecified atom stereocenters. The Hall–Kier alpha value is -3.60. The molecule has 5 heteroatoms. The average Bonchev–Trinajstić information content (AvgIpc) is 3.27. The number of imidazole rings is 1. The van der Waals surface area contributed by atoms with Crippen molar-refractivity contribution in [2.45, 2.75) is 65.3 Å². The van der Waals surface area contributed by atoms with Gasteiger partial charge in [-0.15, -0.1) is 0 Å². The minimum atomic E-state index is 0.00000728. The number of para-hydroxylation sites is 2. The van der Waals surface area contributed by atoms with Crippen LogP contribution in [0.4, 0.5) is 0 Å². The number of aryl methyl sites for hydroxylation is 2. The standard InChI is InChI=1S/C32H39N3O2/c1-4-25(3)26-16-18-28(19-17-26)37-22-21-35-30-14-8-7-13-29(30)34-31(35)15-6-5-9-20-33-32(36)27-12-10-11-24(2)23-27/h7-8,10-14,16-19,23,25H,4-6,9,15,20-22H2,1-3H3,(H,33,36). The fourth-order valence-corrected chi connectivity index (χ4v) is 4.62. The minimum Gasteiger partial charge on any atom is -0.492 e. The summed E-state index contributed by atoms with van der Waals surface area (Å²) in [5.41, 5.74) is 5.36. The van der Waals surface area contributed by atoms with Gasteiger partial charge in [0.1, 0.15) is 18.2 Å². The molecule has 0 fully saturated rings. The first-order chi connectivity index (χ1) is 18.0. The molecule has 0 saturated heterocycles. The summed E-state index contributed by atoms with van der Waals surface area (Å²) in [5, 5.41) is 3.04. The zero-order chi connectivity index (χ0) is 26.0. The molecular weight excluding hydrogens is 458 g/mol. The Kier molecular flexibility index (Phi) is 9.36. The van der Waals surface area contributed by atoms with Crippen LogP contribution >= 0.6 is 0 Å². The molecule has 194 valence electrons. The Balaban J connectivity index is 1.26. The Bertz CT molecular complexity index is 1290. The van der Waals surface area contributed by atoms with Gasteiger partial charge in [-0.25, -0.2) is 4.98 Å². The number of nitrogens with zero attached hydrogens (tertiary/aromatic N) is 2. The lowest BCUT2D eigenvalue weighted by Crippen LogP contribution is -2.24. The van der Waals surface area contributed by atoms with Crippen LogP contribution in [0, 0.1) is 6.92 Å². The van der Waals surface area contributed by atoms with E-state index in [-0.39, 0.29) is 5.91 Å². The van der Waals surface area contributed by atoms with Gasteiger partial charge in [-0.1, -0.05) is 62.2 Å². The molecule has 3 aromatic carbocycles. The van der Waals surface area contributed by atoms with Gasteiger partial charge in [0.05, 0.1) is 17.6 Å². The smallest absolute Gasteiger partial charge is 0.251 e. The summed E-state index contributed by atoms with van der Waals surface area (Å²) in [6, 6.07) is 24.5. The number of carbonyl (C=O) groups is 1. The highest BCUT2D eigenvalue weighted by Gasteiger charge is 2.11. The van der Waals surface area contributed by atoms with Crippen LogP contribution in [-0.2, 0) is 13.0 Å². The van der Waals surface area contributed by atoms with Crippen LogP contribution in [0.15, 0.2) is 72.8 Å². The lowest BCUT2D eigenvalue weighted by molar-refractivity contribution is 0.0953. The quantitative estimate of drug-likeness (QED) is 0.201. The van der Waals surface area contributed by atoms with Gasteiger partial charge < -0.3 is 14.6 Å². The van der Waals surface area contributed by atoms with Crippen molar-refractivity contribution in [3.8, 4) is 5.75 Å². The van der Waals surface area contributed by atoms with Crippen molar-refractivity contribution in [2.24, 2.45) is 0 Å². The lowest BCUT2D eigenvalue weighted by Gasteiger charge is -2.13. The number of hydrogen-bond acceptors (Lipinski definition) is 3. The molecule has 1 aromatic heterocycles. The van der Waals surface area contributed by atoms with Crippen LogP contribution < -0.4 is 10.1 Å². The number of benzene rings is 3. The molecule has 1 heterocycles. The molecule has 4 aromatic rings. The minimum absolute atomic E-state index is 0.00000728. The highest BCUT2D eigenvalue weighted by Crippen LogP contribution is 2.22. The van der Waals surface area contributed by atoms with E-state index in [9.17, 15) is 4.79 Å². The first-order valence-electron chi connectivity index (χ1n) is 13.6. The molecule has 1 N–H and O–H groups in total. The monoisotopic (exact) mass is 497 g/mol. The van der Waals surface area contributed by atoms with E-state index in [0.29, 0.717) is 19.1 Å². The molecular formula is C32H39N3O2. The Morgan fingerprint density at radius 2 is 1.81 bits per heavy atom. The zero-order valence-electron chi connectivity index (χ0n) is 22.4. The molecule has 4 rings (SSSR count). The summed E-state index contributed by atoms with van der Waals surface area (Å²) in [6.45, 7) is 8.51. The van der Waals surface area contributed by atoms with Gasteiger partial charge in [0.25, 0.3) is 5.91 Å². The van der Waals surface area contributed by atoms with Crippen molar-refractivity contribution in [1.82, 2.24) is 14.9 Å². The molecule has 37 heavy (non-hydrogen) atoms. The third-order valence-electron chi connectivity index (χ3n) is 7.02. The second kappa shape index (κ2) is 13.1. The third kappa shape index (κ3) is 7.22. The number of hydrogen-bond donors (Lipinski definition) is 1. The maximum absolute atomic E-state index is 12.3. The number of carbonyl (C=O) groups excluding carboxylic acids is 1. The number of ether oxygens (including phenoxy) is 1. The van der Waals surface area contributed by atoms with Gasteiger partial charge in [-0.3, -0.25) is 4.79 Å². The van der Waals surface area contributed by atoms with Gasteiger partial charge in [-0.05, 0) is 74.1 Å². The number of amides is 1. The van der Waals surface area contributed by atoms with Crippen molar-refractivity contribution in [3.63, 3.8) is 0 Å². The van der Waals surface area contributed by atoms with Crippen molar-refractivity contribution in [2.75, 3.05) is 13.2 Å². The molecule has 1 atom stereocenters. The van der Waals surface area contributed by atoms with E-state index in [0.717, 1.165) is 72.4 Å². The predicted octanol–water partition coefficient (Wildman–Crippen LogP) is 7.08. The molecule has 5 nitrogen and oxygen atoms in total. The lowest BCUT2D eigenvalue weighted by atomic mass is 9.99. The van der Waals surface area contributed by atoms with Crippen LogP contribution in [0.5, 0.6) is 5.75 Å². The van der Waals surface area contributed by atoms with E-state index in [1.54, 1.807) is 0 Å². The van der Waals surface area contributed by atoms with Crippen molar-refractivity contribution < 1.29 is 9.53 Å². The number of unbranched alkanes of at least 4 members (excludes halogenated alkanes) is 2. The first kappa shape index (κ1) is 26.5. The van der Waals surface area contributed by atoms with Crippen LogP contribution in [0.3, 0.4) is 0 Å². The highest BCUT2D eigenvalue weighted by atomic mass is 16.5. The number of rotatable bonds is 13. The van der Waals surface area contributed by atoms with Crippen molar-refractivity contribution in [3.05, 3.63) is 95.3 Å². The summed E-state index contributed by atoms with van der Waals surface area (Å²) >= 11 is 0. The van der Waals surface area contributed by atoms with E-state index in [1.807, 2.05) is 37.3 Å². The maximum atomic E-state index is 12.3. The molecule has 0 radical (unpaired) electrons. The SMILES string of the molecule is CCC(C)c1ccc(OCCn2c(CCCCCNC(=O)c3cccc(C)c3)nc3ccccc32)cc1. The number of nitrogens with one attached hydrogen (secondary N) is 1. The van der Waals surface area contributed by atoms with Crippen molar-refractivity contribution >= 4 is 16.9 Å². The molecule has 0 bridgehead atoms. The summed E-state index contributed by atoms with van der Waals surface area (Å²) < 4.78 is 8.38. The second-order valence-corrected chi connectivity index (χ2v) is 9.83. The van der Waals surface area contributed by atoms with Gasteiger partial charge in [0, 0.05) is 18.5 Å². The maximum Gasteiger partial charge on any atom is 0.251 e. The first-order valence-corrected chi connectivity index (χ1v) is 13.6. The molecule has 0 aliphatic heterocycles. The molecule has 0 saturated carbocycles. The fourth-order valence-electron chi connectivity index (χ4n) is 4.62. The summed E-state index contributed by atoms with van der Waals surface area (Å²) in [4.78, 5) is 17.2. The summed E-state index contributed by atoms with van der Waals surface area (Å²) in [7, 11) is 0. The van der Waals surface area contributed by atoms with E-state index in [2.05, 4.69) is 66.2 Å². The summed E-state index contributed by atoms with van der Waals surface area (Å²) in [6.07, 6.45) is 5.06. The van der Waals surface area contributed by atoms with Crippen LogP contribution in [-0.4, -0.2) is 28.6 Å². The second-order valence-electron chi connectivity index (χ2n) is 9.83. The topological polar surface area (TPSA) is 56.1 Å². The van der Waals surface area contributed by atoms with E-state index in [1.165, 1.54) is 5.56 Å². The third-order valence-corrected chi connectivity index (χ3v) is 7.02. The summed E-state index contributed by atoms with van der Waals surface area (Å²) in [5.74, 6) is 2.57. The highest BCUT2D eigenvalue weighted by molar-refractivity contribution is 5.94. The van der Waals surface area contributed by atoms with Gasteiger partial charge in [-0.2, -0.15) is 0 Å². The number of fused-ring (bicyclic) bond motifs is 1. The Morgan fingerprint density at radius 1 is 1.00 bits per heavy atom. The predicted molar refractivity (Wildman–Crippen MR) is 151 cm³/mol. The molecule has 1 amide bonds. The van der Waals surface area contributed by atoms with E-state index < -0.39 is 0 Å². The van der Waals surface area contributed by atoms with E-state index >= 15 is 0 Å². The van der Waals surface area contributed by atoms with Gasteiger partial charge in [0.2, 0.25) is 0 Å². The van der Waals surface area contributed by atoms with E-state index in [4.69, 9.17) is 9.72 Å². The van der Waals surface area contributed by atoms with Crippen LogP contribution in [0.1, 0.15) is 72.8 Å². The molecule has 0 aliphatic rings. The molecule has 0 spiro atoms. The average molecular weight is 498 g/mol. The normalized spacial score (nSPS) is 12.0. The Labute approximate surface area is 220 Å². The van der Waals surface area contributed by atoms with Crippen LogP contribution in [0.25, 0.3) is 11.0 Å². The van der Waals surface area contributed by atoms with Gasteiger partial charge in [0.15, 0.2) is 0 Å². The van der Waals surface area contributed by atoms with Crippen LogP contribution in [0.2, 0.25) is 0 Å². The molecule has 0 aliphatic carbocycles. The zero-order valence-corrected chi connectivity index (χ0v) is 22.4. The Morgan fingerprint density at radius 3 is 2.59 bits per heavy atom.